The third kappa shape index (κ3) is 7.60. The van der Waals surface area contributed by atoms with Crippen LogP contribution in [0.1, 0.15) is 44.5 Å². The van der Waals surface area contributed by atoms with Crippen LogP contribution in [0.25, 0.3) is 100.0 Å². The maximum atomic E-state index is 2.60. The second kappa shape index (κ2) is 20.6. The Bertz CT molecular complexity index is 5890. The lowest BCUT2D eigenvalue weighted by Crippen LogP contribution is -2.72. The molecule has 8 heteroatoms. The zero-order valence-corrected chi connectivity index (χ0v) is 58.1. The molecule has 12 heterocycles. The molecule has 462 valence electrons. The van der Waals surface area contributed by atoms with E-state index < -0.39 is 33.1 Å². The minimum absolute atomic E-state index is 0.400. The molecule has 0 saturated heterocycles. The van der Waals surface area contributed by atoms with Gasteiger partial charge in [0.05, 0.1) is 60.3 Å². The first-order valence-corrected chi connectivity index (χ1v) is 41.3. The van der Waals surface area contributed by atoms with E-state index in [0.717, 1.165) is 0 Å². The topological polar surface area (TPSA) is 23.3 Å². The van der Waals surface area contributed by atoms with E-state index in [1.165, 1.54) is 155 Å². The van der Waals surface area contributed by atoms with Crippen molar-refractivity contribution in [3.05, 3.63) is 348 Å². The molecule has 21 rings (SSSR count). The van der Waals surface area contributed by atoms with Crippen LogP contribution in [0.3, 0.4) is 0 Å². The smallest absolute Gasteiger partial charge is 0.126 e. The highest BCUT2D eigenvalue weighted by atomic mass is 28.3. The fraction of sp³-hybridized carbons (Fsp3) is 0.124. The number of benzene rings is 9. The van der Waals surface area contributed by atoms with Gasteiger partial charge < -0.3 is 0 Å². The summed E-state index contributed by atoms with van der Waals surface area (Å²) in [5.41, 5.74) is 26.5. The first kappa shape index (κ1) is 57.5. The van der Waals surface area contributed by atoms with Crippen LogP contribution < -0.4 is 37.8 Å². The van der Waals surface area contributed by atoms with Gasteiger partial charge in [-0.3, -0.25) is 0 Å². The fourth-order valence-electron chi connectivity index (χ4n) is 18.4. The Balaban J connectivity index is 0.000000103. The molecule has 0 radical (unpaired) electrons. The van der Waals surface area contributed by atoms with Crippen molar-refractivity contribution in [2.75, 3.05) is 0 Å². The average Bonchev–Trinajstić information content (AvgIpc) is 1.52. The van der Waals surface area contributed by atoms with Crippen LogP contribution in [-0.2, 0) is 17.0 Å². The molecule has 6 aliphatic heterocycles. The van der Waals surface area contributed by atoms with Crippen LogP contribution in [0.2, 0.25) is 39.3 Å². The molecule has 9 aromatic carbocycles. The van der Waals surface area contributed by atoms with E-state index in [1.807, 2.05) is 0 Å². The fourth-order valence-corrected chi connectivity index (χ4v) is 21.9. The molecule has 0 amide bonds. The zero-order valence-electron chi connectivity index (χ0n) is 56.1. The SMILES string of the molecule is Cc1cc2[n+](cc1[Si](C)(C)C)C1(c3ccccc3-2)c2ccccc2-c2c3ccccc3cc[n+]21.Cc1cc2[n+](cc1[Si](C)(C)C)C1(c3ccccc3-2)c2ccccc2-c2ccc3ccccc3[n+]21.c1ccc2c(c1)-c1cccc[n+]1C21c2ccccc2-c2c3ccccc3cc[n+]21. The average molecular weight is 1280 g/mol. The van der Waals surface area contributed by atoms with E-state index in [4.69, 9.17) is 0 Å². The summed E-state index contributed by atoms with van der Waals surface area (Å²) in [7, 11) is -3.11. The molecule has 6 aromatic heterocycles. The van der Waals surface area contributed by atoms with Gasteiger partial charge in [-0.1, -0.05) is 161 Å². The molecule has 15 aromatic rings. The standard InChI is InChI=1S/2C31H28N2Si.C27H18N2/c1-21-19-29-24-13-7-9-15-26(24)31(32(29)20-30(21)34(2,3)4)25-14-8-6-12-23(25)28-18-17-22-11-5-10-16-27(22)33(28)31;1-21-19-28-24-13-7-9-15-26(24)31(33(28)20-29(21)34(2,3)4)27-16-10-8-14-25(27)30-23-12-6-5-11-22(23)17-18-32(30)31;1-2-10-20-19(9-1)16-18-29-26(20)22-12-4-6-14-24(22)27(29)23-13-5-3-11-21(23)25-15-7-8-17-28(25)27/h2*5-20H,1-4H3;1-18H/q3*+2. The maximum Gasteiger partial charge on any atom is 0.418 e. The molecule has 6 aliphatic rings. The van der Waals surface area contributed by atoms with E-state index in [2.05, 4.69) is 385 Å². The second-order valence-corrected chi connectivity index (χ2v) is 39.4. The predicted molar refractivity (Wildman–Crippen MR) is 395 cm³/mol. The van der Waals surface area contributed by atoms with E-state index in [1.54, 1.807) is 0 Å². The van der Waals surface area contributed by atoms with Crippen molar-refractivity contribution in [3.63, 3.8) is 0 Å². The van der Waals surface area contributed by atoms with Gasteiger partial charge in [-0.05, 0) is 139 Å². The lowest BCUT2D eigenvalue weighted by Gasteiger charge is -2.22. The van der Waals surface area contributed by atoms with Gasteiger partial charge in [0.2, 0.25) is 39.7 Å². The van der Waals surface area contributed by atoms with E-state index in [9.17, 15) is 0 Å². The normalized spacial score (nSPS) is 17.6. The quantitative estimate of drug-likeness (QED) is 0.122. The third-order valence-electron chi connectivity index (χ3n) is 22.1. The molecule has 0 saturated carbocycles. The molecule has 0 aliphatic carbocycles. The number of aryl methyl sites for hydroxylation is 2. The minimum Gasteiger partial charge on any atom is -0.126 e. The Labute approximate surface area is 568 Å². The van der Waals surface area contributed by atoms with Gasteiger partial charge in [-0.15, -0.1) is 27.4 Å². The number of nitrogens with zero attached hydrogens (tertiary/aromatic N) is 6. The number of hydrogen-bond acceptors (Lipinski definition) is 0. The molecule has 97 heavy (non-hydrogen) atoms. The van der Waals surface area contributed by atoms with Crippen LogP contribution in [0.5, 0.6) is 0 Å². The highest BCUT2D eigenvalue weighted by molar-refractivity contribution is 6.89. The van der Waals surface area contributed by atoms with Gasteiger partial charge in [0.25, 0.3) is 0 Å². The summed E-state index contributed by atoms with van der Waals surface area (Å²) in [6, 6.07) is 101. The summed E-state index contributed by atoms with van der Waals surface area (Å²) in [6.45, 7) is 19.3. The van der Waals surface area contributed by atoms with Gasteiger partial charge in [-0.2, -0.15) is 0 Å². The largest absolute Gasteiger partial charge is 0.418 e. The lowest BCUT2D eigenvalue weighted by molar-refractivity contribution is -0.955. The van der Waals surface area contributed by atoms with E-state index in [0.29, 0.717) is 0 Å². The third-order valence-corrected chi connectivity index (χ3v) is 26.4. The Morgan fingerprint density at radius 3 is 1.11 bits per heavy atom. The molecular weight excluding hydrogens is 1210 g/mol. The lowest BCUT2D eigenvalue weighted by atomic mass is 9.90. The summed E-state index contributed by atoms with van der Waals surface area (Å²) in [6.07, 6.45) is 11.8. The van der Waals surface area contributed by atoms with Crippen molar-refractivity contribution in [2.45, 2.75) is 70.1 Å². The molecule has 3 spiro atoms. The highest BCUT2D eigenvalue weighted by Crippen LogP contribution is 2.52. The monoisotopic (exact) mass is 1280 g/mol. The van der Waals surface area contributed by atoms with Gasteiger partial charge >= 0.3 is 17.0 Å². The van der Waals surface area contributed by atoms with E-state index in [-0.39, 0.29) is 0 Å². The van der Waals surface area contributed by atoms with Crippen molar-refractivity contribution in [1.29, 1.82) is 0 Å². The van der Waals surface area contributed by atoms with Crippen LogP contribution in [0, 0.1) is 13.8 Å². The number of hydrogen-bond donors (Lipinski definition) is 0. The van der Waals surface area contributed by atoms with Crippen LogP contribution in [-0.4, -0.2) is 16.1 Å². The number of aromatic nitrogens is 6. The minimum atomic E-state index is -1.56. The first-order valence-electron chi connectivity index (χ1n) is 34.3. The number of pyridine rings is 6. The maximum absolute atomic E-state index is 2.60. The van der Waals surface area contributed by atoms with Gasteiger partial charge in [0, 0.05) is 64.3 Å². The number of fused-ring (bicyclic) bond motifs is 36. The summed E-state index contributed by atoms with van der Waals surface area (Å²) >= 11 is 0. The Morgan fingerprint density at radius 2 is 0.629 bits per heavy atom. The van der Waals surface area contributed by atoms with Gasteiger partial charge in [0.15, 0.2) is 31.0 Å². The number of rotatable bonds is 2. The molecule has 0 N–H and O–H groups in total. The van der Waals surface area contributed by atoms with Crippen molar-refractivity contribution in [2.24, 2.45) is 0 Å². The summed E-state index contributed by atoms with van der Waals surface area (Å²) in [4.78, 5) is 0. The predicted octanol–water partition coefficient (Wildman–Crippen LogP) is 15.7. The van der Waals surface area contributed by atoms with Crippen molar-refractivity contribution in [1.82, 2.24) is 0 Å². The summed E-state index contributed by atoms with van der Waals surface area (Å²) in [5, 5.41) is 9.47. The van der Waals surface area contributed by atoms with Crippen LogP contribution >= 0.6 is 0 Å². The molecular formula is C89H74N6Si2+6. The van der Waals surface area contributed by atoms with Crippen molar-refractivity contribution < 1.29 is 27.4 Å². The molecule has 6 nitrogen and oxygen atoms in total. The Hall–Kier alpha value is -10.9. The van der Waals surface area contributed by atoms with Crippen LogP contribution in [0.15, 0.2) is 304 Å². The summed E-state index contributed by atoms with van der Waals surface area (Å²) < 4.78 is 15.3. The second-order valence-electron chi connectivity index (χ2n) is 29.4. The van der Waals surface area contributed by atoms with Crippen molar-refractivity contribution >= 4 is 59.0 Å². The van der Waals surface area contributed by atoms with Gasteiger partial charge in [0.1, 0.15) is 33.4 Å². The Morgan fingerprint density at radius 1 is 0.268 bits per heavy atom. The molecule has 3 unspecified atom stereocenters. The Kier molecular flexibility index (Phi) is 12.2. The van der Waals surface area contributed by atoms with Gasteiger partial charge in [-0.25, -0.2) is 0 Å². The number of para-hydroxylation sites is 1. The van der Waals surface area contributed by atoms with Crippen LogP contribution in [0.4, 0.5) is 0 Å². The first-order chi connectivity index (χ1) is 47.2. The molecule has 0 fully saturated rings. The molecule has 3 atom stereocenters. The van der Waals surface area contributed by atoms with E-state index >= 15 is 0 Å². The zero-order chi connectivity index (χ0) is 65.5. The summed E-state index contributed by atoms with van der Waals surface area (Å²) in [5.74, 6) is 0. The highest BCUT2D eigenvalue weighted by Gasteiger charge is 2.70. The van der Waals surface area contributed by atoms with Crippen molar-refractivity contribution in [3.8, 4) is 67.5 Å². The molecule has 0 bridgehead atoms.